The Hall–Kier alpha value is -1.64. The van der Waals surface area contributed by atoms with E-state index in [2.05, 4.69) is 4.72 Å². The van der Waals surface area contributed by atoms with Gasteiger partial charge in [-0.25, -0.2) is 17.9 Å². The van der Waals surface area contributed by atoms with Crippen molar-refractivity contribution in [2.45, 2.75) is 50.7 Å². The van der Waals surface area contributed by atoms with Crippen LogP contribution in [0.25, 0.3) is 0 Å². The van der Waals surface area contributed by atoms with Crippen molar-refractivity contribution in [2.24, 2.45) is 11.7 Å². The number of hydrogen-bond acceptors (Lipinski definition) is 6. The topological polar surface area (TPSA) is 108 Å². The summed E-state index contributed by atoms with van der Waals surface area (Å²) < 4.78 is 38.3. The molecule has 1 aromatic rings. The Kier molecular flexibility index (Phi) is 6.42. The summed E-state index contributed by atoms with van der Waals surface area (Å²) >= 11 is 0. The number of nitrogens with one attached hydrogen (secondary N) is 1. The van der Waals surface area contributed by atoms with Crippen molar-refractivity contribution in [3.63, 3.8) is 0 Å². The molecule has 1 aromatic carbocycles. The Labute approximate surface area is 148 Å². The molecule has 25 heavy (non-hydrogen) atoms. The second-order valence-electron chi connectivity index (χ2n) is 6.52. The molecule has 1 heterocycles. The third-order valence-corrected chi connectivity index (χ3v) is 5.45. The zero-order valence-corrected chi connectivity index (χ0v) is 15.6. The lowest BCUT2D eigenvalue weighted by Crippen LogP contribution is -2.40. The number of hydrogen-bond donors (Lipinski definition) is 2. The van der Waals surface area contributed by atoms with Crippen molar-refractivity contribution < 1.29 is 22.7 Å². The molecule has 0 radical (unpaired) electrons. The Morgan fingerprint density at radius 1 is 1.44 bits per heavy atom. The highest BCUT2D eigenvalue weighted by Crippen LogP contribution is 2.31. The Morgan fingerprint density at radius 3 is 2.76 bits per heavy atom. The van der Waals surface area contributed by atoms with Crippen LogP contribution in [0.5, 0.6) is 5.75 Å². The van der Waals surface area contributed by atoms with E-state index in [1.54, 1.807) is 19.1 Å². The van der Waals surface area contributed by atoms with Crippen molar-refractivity contribution in [3.05, 3.63) is 23.8 Å². The molecule has 0 aliphatic carbocycles. The molecule has 0 fully saturated rings. The van der Waals surface area contributed by atoms with E-state index < -0.39 is 22.1 Å². The van der Waals surface area contributed by atoms with Gasteiger partial charge in [0.05, 0.1) is 11.5 Å². The van der Waals surface area contributed by atoms with Crippen LogP contribution in [0.1, 0.15) is 32.8 Å². The zero-order valence-electron chi connectivity index (χ0n) is 14.8. The largest absolute Gasteiger partial charge is 0.478 e. The summed E-state index contributed by atoms with van der Waals surface area (Å²) in [6.45, 7) is 6.26. The van der Waals surface area contributed by atoms with Crippen molar-refractivity contribution in [1.82, 2.24) is 4.72 Å². The molecule has 140 valence electrons. The molecule has 0 saturated heterocycles. The minimum Gasteiger partial charge on any atom is -0.478 e. The van der Waals surface area contributed by atoms with Gasteiger partial charge >= 0.3 is 5.97 Å². The summed E-state index contributed by atoms with van der Waals surface area (Å²) in [5.74, 6) is 0.394. The van der Waals surface area contributed by atoms with Crippen LogP contribution in [0, 0.1) is 5.92 Å². The van der Waals surface area contributed by atoms with Crippen molar-refractivity contribution >= 4 is 16.0 Å². The van der Waals surface area contributed by atoms with Gasteiger partial charge < -0.3 is 15.2 Å². The van der Waals surface area contributed by atoms with Gasteiger partial charge in [0.25, 0.3) is 0 Å². The molecule has 0 aromatic heterocycles. The molecule has 0 amide bonds. The maximum Gasteiger partial charge on any atom is 0.347 e. The number of esters is 1. The number of carbonyl (C=O) groups is 1. The molecule has 8 heteroatoms. The highest BCUT2D eigenvalue weighted by atomic mass is 32.2. The van der Waals surface area contributed by atoms with Crippen molar-refractivity contribution in [3.8, 4) is 5.75 Å². The summed E-state index contributed by atoms with van der Waals surface area (Å²) in [5, 5.41) is 0. The highest BCUT2D eigenvalue weighted by Gasteiger charge is 2.31. The second-order valence-corrected chi connectivity index (χ2v) is 8.23. The predicted octanol–water partition coefficient (Wildman–Crippen LogP) is 1.20. The quantitative estimate of drug-likeness (QED) is 0.666. The van der Waals surface area contributed by atoms with Gasteiger partial charge in [0, 0.05) is 19.0 Å². The molecule has 2 unspecified atom stereocenters. The van der Waals surface area contributed by atoms with Gasteiger partial charge in [-0.3, -0.25) is 0 Å². The first-order valence-corrected chi connectivity index (χ1v) is 9.93. The smallest absolute Gasteiger partial charge is 0.347 e. The first-order chi connectivity index (χ1) is 11.8. The van der Waals surface area contributed by atoms with E-state index in [1.807, 2.05) is 13.8 Å². The first kappa shape index (κ1) is 19.7. The van der Waals surface area contributed by atoms with Crippen LogP contribution in [-0.2, 0) is 26.0 Å². The summed E-state index contributed by atoms with van der Waals surface area (Å²) in [4.78, 5) is 11.9. The molecule has 1 aliphatic heterocycles. The molecular weight excluding hydrogens is 344 g/mol. The van der Waals surface area contributed by atoms with E-state index >= 15 is 0 Å². The molecule has 0 bridgehead atoms. The minimum absolute atomic E-state index is 0.140. The highest BCUT2D eigenvalue weighted by molar-refractivity contribution is 7.89. The summed E-state index contributed by atoms with van der Waals surface area (Å²) in [5.41, 5.74) is 6.35. The number of ether oxygens (including phenoxy) is 2. The predicted molar refractivity (Wildman–Crippen MR) is 93.8 cm³/mol. The number of fused-ring (bicyclic) bond motifs is 1. The molecule has 2 atom stereocenters. The number of rotatable bonds is 8. The third-order valence-electron chi connectivity index (χ3n) is 3.93. The number of sulfonamides is 1. The van der Waals surface area contributed by atoms with Crippen LogP contribution in [0.3, 0.4) is 0 Å². The average Bonchev–Trinajstić information content (AvgIpc) is 2.97. The van der Waals surface area contributed by atoms with Gasteiger partial charge in [-0.15, -0.1) is 0 Å². The molecule has 0 saturated carbocycles. The normalized spacial score (nSPS) is 17.9. The average molecular weight is 370 g/mol. The van der Waals surface area contributed by atoms with Crippen LogP contribution < -0.4 is 15.2 Å². The van der Waals surface area contributed by atoms with E-state index in [-0.39, 0.29) is 24.1 Å². The lowest BCUT2D eigenvalue weighted by atomic mass is 10.1. The van der Waals surface area contributed by atoms with E-state index in [0.29, 0.717) is 30.1 Å². The lowest BCUT2D eigenvalue weighted by Gasteiger charge is -2.19. The fraction of sp³-hybridized carbons (Fsp3) is 0.588. The Balaban J connectivity index is 2.15. The Bertz CT molecular complexity index is 718. The van der Waals surface area contributed by atoms with Crippen LogP contribution in [0.2, 0.25) is 0 Å². The van der Waals surface area contributed by atoms with Crippen molar-refractivity contribution in [1.29, 1.82) is 0 Å². The molecule has 0 spiro atoms. The van der Waals surface area contributed by atoms with E-state index in [9.17, 15) is 13.2 Å². The monoisotopic (exact) mass is 370 g/mol. The van der Waals surface area contributed by atoms with E-state index in [1.165, 1.54) is 6.07 Å². The number of nitrogens with two attached hydrogens (primary N) is 1. The van der Waals surface area contributed by atoms with Crippen LogP contribution >= 0.6 is 0 Å². The maximum atomic E-state index is 12.6. The van der Waals surface area contributed by atoms with Gasteiger partial charge in [0.15, 0.2) is 6.10 Å². The molecular formula is C17H26N2O5S. The van der Waals surface area contributed by atoms with E-state index in [0.717, 1.165) is 0 Å². The van der Waals surface area contributed by atoms with Crippen LogP contribution in [0.4, 0.5) is 0 Å². The molecule has 3 N–H and O–H groups in total. The summed E-state index contributed by atoms with van der Waals surface area (Å²) in [6.07, 6.45) is 0.233. The first-order valence-electron chi connectivity index (χ1n) is 8.45. The number of benzene rings is 1. The molecule has 7 nitrogen and oxygen atoms in total. The fourth-order valence-electron chi connectivity index (χ4n) is 2.81. The Morgan fingerprint density at radius 2 is 2.16 bits per heavy atom. The van der Waals surface area contributed by atoms with Crippen molar-refractivity contribution in [2.75, 3.05) is 13.2 Å². The zero-order chi connectivity index (χ0) is 18.6. The van der Waals surface area contributed by atoms with Gasteiger partial charge in [0.2, 0.25) is 10.0 Å². The lowest BCUT2D eigenvalue weighted by molar-refractivity contribution is -0.150. The third kappa shape index (κ3) is 4.93. The van der Waals surface area contributed by atoms with E-state index in [4.69, 9.17) is 15.2 Å². The minimum atomic E-state index is -3.69. The van der Waals surface area contributed by atoms with Gasteiger partial charge in [-0.05, 0) is 43.0 Å². The van der Waals surface area contributed by atoms with Gasteiger partial charge in [0.1, 0.15) is 5.75 Å². The molecule has 1 aliphatic rings. The fourth-order valence-corrected chi connectivity index (χ4v) is 4.12. The summed E-state index contributed by atoms with van der Waals surface area (Å²) in [6, 6.07) is 4.27. The van der Waals surface area contributed by atoms with Crippen LogP contribution in [0.15, 0.2) is 23.1 Å². The number of carbonyl (C=O) groups excluding carboxylic acids is 1. The maximum absolute atomic E-state index is 12.6. The van der Waals surface area contributed by atoms with Gasteiger partial charge in [-0.1, -0.05) is 13.8 Å². The van der Waals surface area contributed by atoms with Crippen LogP contribution in [-0.4, -0.2) is 39.7 Å². The standard InChI is InChI=1S/C17H26N2O5S/c1-4-23-17(20)16-9-12-8-14(5-6-15(12)24-16)25(21,22)19-13(10-18)7-11(2)3/h5-6,8,11,13,16,19H,4,7,9-10,18H2,1-3H3. The molecule has 2 rings (SSSR count). The second kappa shape index (κ2) is 8.16. The SMILES string of the molecule is CCOC(=O)C1Cc2cc(S(=O)(=O)NC(CN)CC(C)C)ccc2O1. The van der Waals surface area contributed by atoms with Gasteiger partial charge in [-0.2, -0.15) is 0 Å². The summed E-state index contributed by atoms with van der Waals surface area (Å²) in [7, 11) is -3.69.